The molecule has 0 amide bonds. The largest absolute Gasteiger partial charge is 0.338 e. The summed E-state index contributed by atoms with van der Waals surface area (Å²) in [6, 6.07) is 0.259. The smallest absolute Gasteiger partial charge is 0.244 e. The molecule has 0 bridgehead atoms. The summed E-state index contributed by atoms with van der Waals surface area (Å²) in [7, 11) is 0. The average molecular weight is 195 g/mol. The molecule has 0 spiro atoms. The molecule has 0 radical (unpaired) electrons. The van der Waals surface area contributed by atoms with Crippen LogP contribution in [0.3, 0.4) is 0 Å². The van der Waals surface area contributed by atoms with Crippen molar-refractivity contribution in [2.24, 2.45) is 5.92 Å². The van der Waals surface area contributed by atoms with Crippen molar-refractivity contribution >= 4 is 0 Å². The summed E-state index contributed by atoms with van der Waals surface area (Å²) in [5.41, 5.74) is 0. The minimum atomic E-state index is 0.259. The summed E-state index contributed by atoms with van der Waals surface area (Å²) >= 11 is 0. The first-order chi connectivity index (χ1) is 6.68. The van der Waals surface area contributed by atoms with Gasteiger partial charge in [0.2, 0.25) is 5.89 Å². The minimum absolute atomic E-state index is 0.259. The van der Waals surface area contributed by atoms with Gasteiger partial charge in [0.05, 0.1) is 6.04 Å². The lowest BCUT2D eigenvalue weighted by Crippen LogP contribution is -2.16. The number of hydrogen-bond acceptors (Lipinski definition) is 4. The van der Waals surface area contributed by atoms with Crippen LogP contribution < -0.4 is 5.32 Å². The summed E-state index contributed by atoms with van der Waals surface area (Å²) in [4.78, 5) is 4.40. The zero-order valence-electron chi connectivity index (χ0n) is 8.95. The van der Waals surface area contributed by atoms with Gasteiger partial charge in [0.15, 0.2) is 5.82 Å². The van der Waals surface area contributed by atoms with Crippen LogP contribution in [0.25, 0.3) is 0 Å². The molecule has 78 valence electrons. The molecule has 2 atom stereocenters. The van der Waals surface area contributed by atoms with Crippen LogP contribution in [0.1, 0.15) is 50.9 Å². The van der Waals surface area contributed by atoms with Crippen LogP contribution in [-0.2, 0) is 0 Å². The van der Waals surface area contributed by atoms with Crippen molar-refractivity contribution in [3.8, 4) is 0 Å². The highest BCUT2D eigenvalue weighted by atomic mass is 16.5. The van der Waals surface area contributed by atoms with E-state index in [9.17, 15) is 0 Å². The lowest BCUT2D eigenvalue weighted by atomic mass is 10.0. The second-order valence-corrected chi connectivity index (χ2v) is 4.34. The van der Waals surface area contributed by atoms with Crippen LogP contribution in [0, 0.1) is 5.92 Å². The van der Waals surface area contributed by atoms with E-state index in [-0.39, 0.29) is 6.04 Å². The van der Waals surface area contributed by atoms with E-state index in [0.29, 0.717) is 11.8 Å². The molecule has 1 aromatic rings. The summed E-state index contributed by atoms with van der Waals surface area (Å²) < 4.78 is 5.26. The van der Waals surface area contributed by atoms with Gasteiger partial charge in [-0.05, 0) is 18.9 Å². The van der Waals surface area contributed by atoms with Crippen LogP contribution in [-0.4, -0.2) is 16.7 Å². The molecule has 2 heterocycles. The normalized spacial score (nSPS) is 27.4. The van der Waals surface area contributed by atoms with Crippen LogP contribution in [0.15, 0.2) is 4.52 Å². The molecule has 4 nitrogen and oxygen atoms in total. The van der Waals surface area contributed by atoms with Gasteiger partial charge in [0.1, 0.15) is 0 Å². The Morgan fingerprint density at radius 2 is 2.29 bits per heavy atom. The topological polar surface area (TPSA) is 51.0 Å². The summed E-state index contributed by atoms with van der Waals surface area (Å²) in [6.07, 6.45) is 1.18. The van der Waals surface area contributed by atoms with Crippen molar-refractivity contribution in [3.63, 3.8) is 0 Å². The first kappa shape index (κ1) is 9.65. The van der Waals surface area contributed by atoms with E-state index in [4.69, 9.17) is 4.52 Å². The maximum Gasteiger partial charge on any atom is 0.244 e. The third-order valence-electron chi connectivity index (χ3n) is 2.77. The van der Waals surface area contributed by atoms with Gasteiger partial charge >= 0.3 is 0 Å². The number of nitrogens with zero attached hydrogens (tertiary/aromatic N) is 2. The fourth-order valence-electron chi connectivity index (χ4n) is 1.77. The van der Waals surface area contributed by atoms with Gasteiger partial charge in [-0.25, -0.2) is 0 Å². The van der Waals surface area contributed by atoms with E-state index in [1.807, 2.05) is 0 Å². The molecule has 0 saturated carbocycles. The van der Waals surface area contributed by atoms with Crippen LogP contribution in [0.5, 0.6) is 0 Å². The molecular weight excluding hydrogens is 178 g/mol. The molecule has 4 heteroatoms. The number of hydrogen-bond donors (Lipinski definition) is 1. The Kier molecular flexibility index (Phi) is 2.54. The molecule has 1 aromatic heterocycles. The molecule has 1 aliphatic heterocycles. The van der Waals surface area contributed by atoms with Gasteiger partial charge in [-0.1, -0.05) is 25.9 Å². The van der Waals surface area contributed by atoms with Crippen molar-refractivity contribution in [2.45, 2.75) is 39.2 Å². The fraction of sp³-hybridized carbons (Fsp3) is 0.800. The summed E-state index contributed by atoms with van der Waals surface area (Å²) in [5.74, 6) is 2.49. The van der Waals surface area contributed by atoms with Gasteiger partial charge in [-0.2, -0.15) is 4.98 Å². The first-order valence-electron chi connectivity index (χ1n) is 5.25. The molecule has 14 heavy (non-hydrogen) atoms. The zero-order chi connectivity index (χ0) is 10.1. The number of aromatic nitrogens is 2. The van der Waals surface area contributed by atoms with Crippen LogP contribution in [0.4, 0.5) is 0 Å². The van der Waals surface area contributed by atoms with E-state index in [2.05, 4.69) is 36.2 Å². The van der Waals surface area contributed by atoms with E-state index in [0.717, 1.165) is 18.3 Å². The number of nitrogens with one attached hydrogen (secondary N) is 1. The maximum atomic E-state index is 5.26. The summed E-state index contributed by atoms with van der Waals surface area (Å²) in [6.45, 7) is 7.40. The average Bonchev–Trinajstić information content (AvgIpc) is 2.71. The number of rotatable bonds is 2. The Labute approximate surface area is 84.1 Å². The molecule has 0 aliphatic carbocycles. The molecule has 2 unspecified atom stereocenters. The summed E-state index contributed by atoms with van der Waals surface area (Å²) in [5, 5.41) is 7.35. The molecule has 1 aliphatic rings. The van der Waals surface area contributed by atoms with Gasteiger partial charge in [-0.3, -0.25) is 0 Å². The van der Waals surface area contributed by atoms with E-state index in [1.54, 1.807) is 0 Å². The fourth-order valence-corrected chi connectivity index (χ4v) is 1.77. The van der Waals surface area contributed by atoms with Crippen molar-refractivity contribution < 1.29 is 4.52 Å². The van der Waals surface area contributed by atoms with Gasteiger partial charge in [0, 0.05) is 5.92 Å². The van der Waals surface area contributed by atoms with Crippen molar-refractivity contribution in [2.75, 3.05) is 6.54 Å². The molecule has 0 aromatic carbocycles. The third-order valence-corrected chi connectivity index (χ3v) is 2.77. The Morgan fingerprint density at radius 3 is 2.79 bits per heavy atom. The standard InChI is InChI=1S/C10H17N3O/c1-6(2)9-12-10(14-13-9)8-7(3)4-5-11-8/h6-8,11H,4-5H2,1-3H3. The highest BCUT2D eigenvalue weighted by Gasteiger charge is 2.29. The molecule has 1 fully saturated rings. The highest BCUT2D eigenvalue weighted by molar-refractivity contribution is 4.99. The van der Waals surface area contributed by atoms with Gasteiger partial charge in [0.25, 0.3) is 0 Å². The predicted octanol–water partition coefficient (Wildman–Crippen LogP) is 1.86. The highest BCUT2D eigenvalue weighted by Crippen LogP contribution is 2.28. The molecule has 1 N–H and O–H groups in total. The lowest BCUT2D eigenvalue weighted by Gasteiger charge is -2.09. The third kappa shape index (κ3) is 1.66. The predicted molar refractivity (Wildman–Crippen MR) is 52.9 cm³/mol. The monoisotopic (exact) mass is 195 g/mol. The van der Waals surface area contributed by atoms with Crippen LogP contribution >= 0.6 is 0 Å². The van der Waals surface area contributed by atoms with Crippen LogP contribution in [0.2, 0.25) is 0 Å². The zero-order valence-corrected chi connectivity index (χ0v) is 8.95. The minimum Gasteiger partial charge on any atom is -0.338 e. The lowest BCUT2D eigenvalue weighted by molar-refractivity contribution is 0.316. The van der Waals surface area contributed by atoms with E-state index in [1.165, 1.54) is 6.42 Å². The van der Waals surface area contributed by atoms with Gasteiger partial charge in [-0.15, -0.1) is 0 Å². The van der Waals surface area contributed by atoms with E-state index < -0.39 is 0 Å². The second-order valence-electron chi connectivity index (χ2n) is 4.34. The Balaban J connectivity index is 2.16. The Hall–Kier alpha value is -0.900. The van der Waals surface area contributed by atoms with E-state index >= 15 is 0 Å². The first-order valence-corrected chi connectivity index (χ1v) is 5.25. The van der Waals surface area contributed by atoms with Crippen molar-refractivity contribution in [1.29, 1.82) is 0 Å². The molecule has 1 saturated heterocycles. The molecular formula is C10H17N3O. The SMILES string of the molecule is CC(C)c1noc(C2NCCC2C)n1. The Morgan fingerprint density at radius 1 is 1.50 bits per heavy atom. The second kappa shape index (κ2) is 3.69. The molecule has 2 rings (SSSR count). The Bertz CT molecular complexity index is 308. The van der Waals surface area contributed by atoms with Crippen molar-refractivity contribution in [3.05, 3.63) is 11.7 Å². The quantitative estimate of drug-likeness (QED) is 0.782. The maximum absolute atomic E-state index is 5.26. The van der Waals surface area contributed by atoms with Crippen molar-refractivity contribution in [1.82, 2.24) is 15.5 Å². The van der Waals surface area contributed by atoms with Gasteiger partial charge < -0.3 is 9.84 Å².